The predicted octanol–water partition coefficient (Wildman–Crippen LogP) is 0.793. The molecule has 0 bridgehead atoms. The zero-order valence-corrected chi connectivity index (χ0v) is 14.0. The van der Waals surface area contributed by atoms with Crippen LogP contribution in [0.25, 0.3) is 0 Å². The van der Waals surface area contributed by atoms with Crippen LogP contribution in [-0.2, 0) is 11.3 Å². The average Bonchev–Trinajstić information content (AvgIpc) is 2.97. The van der Waals surface area contributed by atoms with Crippen LogP contribution >= 0.6 is 0 Å². The first-order chi connectivity index (χ1) is 10.5. The summed E-state index contributed by atoms with van der Waals surface area (Å²) in [6, 6.07) is 1.86. The molecule has 1 aliphatic rings. The maximum absolute atomic E-state index is 5.55. The first kappa shape index (κ1) is 16.8. The molecule has 1 saturated heterocycles. The lowest BCUT2D eigenvalue weighted by atomic mass is 10.0. The average molecular weight is 309 g/mol. The second-order valence-corrected chi connectivity index (χ2v) is 6.17. The summed E-state index contributed by atoms with van der Waals surface area (Å²) in [5.74, 6) is 0.856. The van der Waals surface area contributed by atoms with E-state index in [4.69, 9.17) is 9.26 Å². The number of rotatable bonds is 5. The predicted molar refractivity (Wildman–Crippen MR) is 85.8 cm³/mol. The molecule has 0 aromatic carbocycles. The number of aromatic nitrogens is 1. The number of nitrogens with zero attached hydrogens (tertiary/aromatic N) is 4. The van der Waals surface area contributed by atoms with Crippen LogP contribution in [0, 0.1) is 0 Å². The van der Waals surface area contributed by atoms with Gasteiger partial charge in [-0.2, -0.15) is 0 Å². The summed E-state index contributed by atoms with van der Waals surface area (Å²) in [6.07, 6.45) is 1.58. The number of hydrogen-bond donors (Lipinski definition) is 1. The largest absolute Gasteiger partial charge is 0.378 e. The molecule has 0 saturated carbocycles. The van der Waals surface area contributed by atoms with Gasteiger partial charge < -0.3 is 19.5 Å². The van der Waals surface area contributed by atoms with Crippen molar-refractivity contribution in [1.82, 2.24) is 20.3 Å². The van der Waals surface area contributed by atoms with Crippen molar-refractivity contribution in [3.8, 4) is 0 Å². The van der Waals surface area contributed by atoms with Crippen LogP contribution in [-0.4, -0.2) is 73.4 Å². The van der Waals surface area contributed by atoms with Crippen molar-refractivity contribution in [3.05, 3.63) is 18.0 Å². The molecular formula is C15H27N5O2. The normalized spacial score (nSPS) is 19.2. The molecule has 2 rings (SSSR count). The van der Waals surface area contributed by atoms with Crippen LogP contribution in [0.15, 0.2) is 21.8 Å². The van der Waals surface area contributed by atoms with Crippen LogP contribution < -0.4 is 5.32 Å². The Bertz CT molecular complexity index is 472. The van der Waals surface area contributed by atoms with E-state index in [0.29, 0.717) is 6.54 Å². The number of nitrogens with one attached hydrogen (secondary N) is 1. The Labute approximate surface area is 132 Å². The van der Waals surface area contributed by atoms with Gasteiger partial charge in [0.1, 0.15) is 12.0 Å². The Morgan fingerprint density at radius 1 is 1.55 bits per heavy atom. The van der Waals surface area contributed by atoms with E-state index in [1.54, 1.807) is 13.3 Å². The molecule has 124 valence electrons. The van der Waals surface area contributed by atoms with E-state index in [2.05, 4.69) is 34.2 Å². The molecule has 0 amide bonds. The highest BCUT2D eigenvalue weighted by Crippen LogP contribution is 2.17. The van der Waals surface area contributed by atoms with Crippen molar-refractivity contribution in [1.29, 1.82) is 0 Å². The van der Waals surface area contributed by atoms with Crippen molar-refractivity contribution >= 4 is 5.96 Å². The topological polar surface area (TPSA) is 66.1 Å². The van der Waals surface area contributed by atoms with Gasteiger partial charge in [0.05, 0.1) is 19.8 Å². The lowest BCUT2D eigenvalue weighted by Gasteiger charge is -2.42. The number of hydrogen-bond acceptors (Lipinski definition) is 5. The van der Waals surface area contributed by atoms with E-state index in [0.717, 1.165) is 44.5 Å². The SMILES string of the molecule is CN=C(NCCN1CCOCC1(C)C)N(C)Cc1ccon1. The molecule has 1 aromatic heterocycles. The summed E-state index contributed by atoms with van der Waals surface area (Å²) in [5.41, 5.74) is 0.982. The second kappa shape index (κ2) is 7.60. The van der Waals surface area contributed by atoms with E-state index in [1.807, 2.05) is 18.0 Å². The van der Waals surface area contributed by atoms with Gasteiger partial charge in [0, 0.05) is 45.3 Å². The summed E-state index contributed by atoms with van der Waals surface area (Å²) >= 11 is 0. The van der Waals surface area contributed by atoms with E-state index < -0.39 is 0 Å². The van der Waals surface area contributed by atoms with E-state index in [9.17, 15) is 0 Å². The highest BCUT2D eigenvalue weighted by molar-refractivity contribution is 5.79. The minimum absolute atomic E-state index is 0.0933. The Hall–Kier alpha value is -1.60. The van der Waals surface area contributed by atoms with Crippen LogP contribution in [0.3, 0.4) is 0 Å². The summed E-state index contributed by atoms with van der Waals surface area (Å²) in [5, 5.41) is 7.33. The van der Waals surface area contributed by atoms with Gasteiger partial charge in [-0.3, -0.25) is 9.89 Å². The van der Waals surface area contributed by atoms with Crippen LogP contribution in [0.1, 0.15) is 19.5 Å². The first-order valence-electron chi connectivity index (χ1n) is 7.67. The lowest BCUT2D eigenvalue weighted by molar-refractivity contribution is -0.0496. The van der Waals surface area contributed by atoms with Crippen molar-refractivity contribution < 1.29 is 9.26 Å². The minimum Gasteiger partial charge on any atom is -0.378 e. The van der Waals surface area contributed by atoms with Crippen LogP contribution in [0.5, 0.6) is 0 Å². The number of ether oxygens (including phenoxy) is 1. The lowest BCUT2D eigenvalue weighted by Crippen LogP contribution is -2.55. The van der Waals surface area contributed by atoms with Gasteiger partial charge in [-0.15, -0.1) is 0 Å². The van der Waals surface area contributed by atoms with E-state index >= 15 is 0 Å². The molecule has 7 nitrogen and oxygen atoms in total. The summed E-state index contributed by atoms with van der Waals surface area (Å²) < 4.78 is 10.4. The fourth-order valence-electron chi connectivity index (χ4n) is 2.63. The molecule has 7 heteroatoms. The third kappa shape index (κ3) is 4.45. The third-order valence-electron chi connectivity index (χ3n) is 3.95. The molecule has 0 spiro atoms. The van der Waals surface area contributed by atoms with Crippen molar-refractivity contribution in [2.75, 3.05) is 46.9 Å². The molecule has 1 aliphatic heterocycles. The molecule has 2 heterocycles. The molecule has 0 aliphatic carbocycles. The molecular weight excluding hydrogens is 282 g/mol. The molecule has 22 heavy (non-hydrogen) atoms. The zero-order valence-electron chi connectivity index (χ0n) is 14.0. The van der Waals surface area contributed by atoms with Crippen LogP contribution in [0.4, 0.5) is 0 Å². The Kier molecular flexibility index (Phi) is 5.79. The van der Waals surface area contributed by atoms with Gasteiger partial charge >= 0.3 is 0 Å². The molecule has 0 atom stereocenters. The number of guanidine groups is 1. The fraction of sp³-hybridized carbons (Fsp3) is 0.733. The minimum atomic E-state index is 0.0933. The first-order valence-corrected chi connectivity index (χ1v) is 7.67. The van der Waals surface area contributed by atoms with Gasteiger partial charge in [-0.05, 0) is 13.8 Å². The standard InChI is InChI=1S/C15H27N5O2/c1-15(2)12-21-10-8-20(15)7-6-17-14(16-3)19(4)11-13-5-9-22-18-13/h5,9H,6-8,10-12H2,1-4H3,(H,16,17). The summed E-state index contributed by atoms with van der Waals surface area (Å²) in [4.78, 5) is 8.80. The van der Waals surface area contributed by atoms with E-state index in [1.165, 1.54) is 0 Å². The monoisotopic (exact) mass is 309 g/mol. The van der Waals surface area contributed by atoms with Gasteiger partial charge in [-0.25, -0.2) is 0 Å². The number of aliphatic imine (C=N–C) groups is 1. The van der Waals surface area contributed by atoms with Gasteiger partial charge in [0.25, 0.3) is 0 Å². The van der Waals surface area contributed by atoms with Crippen LogP contribution in [0.2, 0.25) is 0 Å². The smallest absolute Gasteiger partial charge is 0.193 e. The molecule has 1 N–H and O–H groups in total. The maximum Gasteiger partial charge on any atom is 0.193 e. The number of morpholine rings is 1. The van der Waals surface area contributed by atoms with Crippen molar-refractivity contribution in [2.45, 2.75) is 25.9 Å². The summed E-state index contributed by atoms with van der Waals surface area (Å²) in [7, 11) is 3.78. The highest BCUT2D eigenvalue weighted by Gasteiger charge is 2.29. The molecule has 0 unspecified atom stereocenters. The highest BCUT2D eigenvalue weighted by atomic mass is 16.5. The summed E-state index contributed by atoms with van der Waals surface area (Å²) in [6.45, 7) is 9.49. The maximum atomic E-state index is 5.55. The Morgan fingerprint density at radius 3 is 3.00 bits per heavy atom. The third-order valence-corrected chi connectivity index (χ3v) is 3.95. The Morgan fingerprint density at radius 2 is 2.36 bits per heavy atom. The van der Waals surface area contributed by atoms with Gasteiger partial charge in [-0.1, -0.05) is 5.16 Å². The van der Waals surface area contributed by atoms with Crippen molar-refractivity contribution in [2.24, 2.45) is 4.99 Å². The van der Waals surface area contributed by atoms with Crippen molar-refractivity contribution in [3.63, 3.8) is 0 Å². The zero-order chi connectivity index (χ0) is 16.0. The molecule has 1 aromatic rings. The second-order valence-electron chi connectivity index (χ2n) is 6.17. The Balaban J connectivity index is 1.78. The van der Waals surface area contributed by atoms with Gasteiger partial charge in [0.15, 0.2) is 5.96 Å². The molecule has 0 radical (unpaired) electrons. The fourth-order valence-corrected chi connectivity index (χ4v) is 2.63. The van der Waals surface area contributed by atoms with E-state index in [-0.39, 0.29) is 5.54 Å². The molecule has 1 fully saturated rings. The quantitative estimate of drug-likeness (QED) is 0.641. The van der Waals surface area contributed by atoms with Gasteiger partial charge in [0.2, 0.25) is 0 Å².